The topological polar surface area (TPSA) is 244 Å². The number of nitrogens with two attached hydrogens (primary N) is 1. The van der Waals surface area contributed by atoms with Gasteiger partial charge in [0, 0.05) is 23.5 Å². The van der Waals surface area contributed by atoms with E-state index in [0.29, 0.717) is 5.56 Å². The number of aliphatic hydroxyl groups excluding tert-OH is 2. The van der Waals surface area contributed by atoms with Crippen LogP contribution in [0.25, 0.3) is 10.9 Å². The summed E-state index contributed by atoms with van der Waals surface area (Å²) < 4.78 is 0. The van der Waals surface area contributed by atoms with Gasteiger partial charge in [0.1, 0.15) is 24.2 Å². The molecule has 14 nitrogen and oxygen atoms in total. The first-order chi connectivity index (χ1) is 17.3. The second-order valence-electron chi connectivity index (χ2n) is 8.62. The first-order valence-corrected chi connectivity index (χ1v) is 11.3. The fraction of sp³-hybridized carbons (Fsp3) is 0.435. The largest absolute Gasteiger partial charge is 0.481 e. The lowest BCUT2D eigenvalue weighted by molar-refractivity contribution is -0.144. The van der Waals surface area contributed by atoms with Crippen molar-refractivity contribution in [1.82, 2.24) is 20.9 Å². The maximum atomic E-state index is 12.9. The highest BCUT2D eigenvalue weighted by atomic mass is 16.4. The molecule has 1 heterocycles. The highest BCUT2D eigenvalue weighted by molar-refractivity contribution is 5.96. The van der Waals surface area contributed by atoms with Crippen molar-refractivity contribution in [3.63, 3.8) is 0 Å². The number of carboxylic acids is 2. The van der Waals surface area contributed by atoms with Crippen LogP contribution in [0.4, 0.5) is 0 Å². The van der Waals surface area contributed by atoms with Crippen LogP contribution in [-0.4, -0.2) is 91.4 Å². The minimum absolute atomic E-state index is 0.111. The summed E-state index contributed by atoms with van der Waals surface area (Å²) >= 11 is 0. The van der Waals surface area contributed by atoms with Crippen LogP contribution < -0.4 is 21.7 Å². The van der Waals surface area contributed by atoms with Gasteiger partial charge in [0.25, 0.3) is 0 Å². The number of aliphatic carboxylic acids is 2. The number of nitrogens with one attached hydrogen (secondary N) is 4. The van der Waals surface area contributed by atoms with Gasteiger partial charge in [-0.05, 0) is 25.5 Å². The van der Waals surface area contributed by atoms with Crippen LogP contribution in [-0.2, 0) is 30.4 Å². The van der Waals surface area contributed by atoms with Crippen molar-refractivity contribution in [1.29, 1.82) is 0 Å². The molecular formula is C23H31N5O9. The van der Waals surface area contributed by atoms with E-state index >= 15 is 0 Å². The van der Waals surface area contributed by atoms with E-state index in [-0.39, 0.29) is 6.42 Å². The summed E-state index contributed by atoms with van der Waals surface area (Å²) in [6.45, 7) is 2.38. The predicted molar refractivity (Wildman–Crippen MR) is 129 cm³/mol. The molecule has 2 aromatic rings. The number of amides is 3. The molecule has 6 unspecified atom stereocenters. The Hall–Kier alpha value is -4.01. The molecule has 0 aliphatic carbocycles. The number of carbonyl (C=O) groups is 5. The van der Waals surface area contributed by atoms with Gasteiger partial charge in [-0.2, -0.15) is 0 Å². The molecule has 10 N–H and O–H groups in total. The number of benzene rings is 1. The first-order valence-electron chi connectivity index (χ1n) is 11.3. The number of H-pyrrole nitrogens is 1. The summed E-state index contributed by atoms with van der Waals surface area (Å²) in [5.74, 6) is -6.03. The number of rotatable bonds is 13. The van der Waals surface area contributed by atoms with Crippen LogP contribution in [0.5, 0.6) is 0 Å². The standard InChI is InChI=1S/C23H31N5O9/c1-10(29)18(24)21(34)26-15(8-17(31)32)20(33)28-19(11(2)30)22(35)27-16(23(36)37)7-12-9-25-14-6-4-3-5-13(12)14/h3-6,9-11,15-16,18-19,25,29-30H,7-8,24H2,1-2H3,(H,26,34)(H,27,35)(H,28,33)(H,31,32)(H,36,37). The molecule has 3 amide bonds. The monoisotopic (exact) mass is 521 g/mol. The fourth-order valence-corrected chi connectivity index (χ4v) is 3.51. The molecule has 1 aromatic carbocycles. The van der Waals surface area contributed by atoms with E-state index in [4.69, 9.17) is 10.8 Å². The number of aromatic amines is 1. The third-order valence-corrected chi connectivity index (χ3v) is 5.61. The lowest BCUT2D eigenvalue weighted by Crippen LogP contribution is -2.60. The van der Waals surface area contributed by atoms with Crippen molar-refractivity contribution in [2.75, 3.05) is 0 Å². The highest BCUT2D eigenvalue weighted by Crippen LogP contribution is 2.19. The average molecular weight is 522 g/mol. The number of para-hydroxylation sites is 1. The van der Waals surface area contributed by atoms with Gasteiger partial charge in [0.15, 0.2) is 0 Å². The molecule has 14 heteroatoms. The Labute approximate surface area is 211 Å². The minimum atomic E-state index is -1.70. The van der Waals surface area contributed by atoms with Crippen molar-refractivity contribution in [2.24, 2.45) is 5.73 Å². The van der Waals surface area contributed by atoms with E-state index in [1.165, 1.54) is 6.92 Å². The molecule has 0 fully saturated rings. The van der Waals surface area contributed by atoms with Gasteiger partial charge in [-0.3, -0.25) is 19.2 Å². The molecule has 0 spiro atoms. The van der Waals surface area contributed by atoms with Gasteiger partial charge in [-0.1, -0.05) is 18.2 Å². The number of carbonyl (C=O) groups excluding carboxylic acids is 3. The normalized spacial score (nSPS) is 16.0. The Balaban J connectivity index is 2.17. The van der Waals surface area contributed by atoms with Crippen molar-refractivity contribution in [2.45, 2.75) is 63.1 Å². The first kappa shape index (κ1) is 29.2. The number of hydrogen-bond donors (Lipinski definition) is 9. The molecule has 2 rings (SSSR count). The lowest BCUT2D eigenvalue weighted by Gasteiger charge is -2.26. The number of aliphatic hydroxyl groups is 2. The Bertz CT molecular complexity index is 1150. The molecule has 0 aliphatic heterocycles. The second-order valence-corrected chi connectivity index (χ2v) is 8.62. The molecule has 0 radical (unpaired) electrons. The zero-order valence-electron chi connectivity index (χ0n) is 20.2. The van der Waals surface area contributed by atoms with Gasteiger partial charge in [-0.25, -0.2) is 4.79 Å². The van der Waals surface area contributed by atoms with Crippen molar-refractivity contribution in [3.05, 3.63) is 36.0 Å². The van der Waals surface area contributed by atoms with E-state index in [1.54, 1.807) is 30.5 Å². The van der Waals surface area contributed by atoms with Crippen LogP contribution in [0.2, 0.25) is 0 Å². The molecule has 37 heavy (non-hydrogen) atoms. The Kier molecular flexibility index (Phi) is 10.1. The average Bonchev–Trinajstić information content (AvgIpc) is 3.22. The number of fused-ring (bicyclic) bond motifs is 1. The molecule has 0 saturated carbocycles. The van der Waals surface area contributed by atoms with Gasteiger partial charge in [0.2, 0.25) is 17.7 Å². The van der Waals surface area contributed by atoms with E-state index in [9.17, 15) is 39.3 Å². The van der Waals surface area contributed by atoms with Crippen molar-refractivity contribution >= 4 is 40.6 Å². The van der Waals surface area contributed by atoms with Crippen molar-refractivity contribution in [3.8, 4) is 0 Å². The zero-order chi connectivity index (χ0) is 27.9. The maximum Gasteiger partial charge on any atom is 0.326 e. The smallest absolute Gasteiger partial charge is 0.326 e. The fourth-order valence-electron chi connectivity index (χ4n) is 3.51. The number of hydrogen-bond acceptors (Lipinski definition) is 8. The van der Waals surface area contributed by atoms with E-state index in [1.807, 2.05) is 0 Å². The van der Waals surface area contributed by atoms with Crippen LogP contribution in [0.3, 0.4) is 0 Å². The Morgan fingerprint density at radius 2 is 1.51 bits per heavy atom. The molecule has 0 saturated heterocycles. The Morgan fingerprint density at radius 3 is 2.08 bits per heavy atom. The quantitative estimate of drug-likeness (QED) is 0.138. The summed E-state index contributed by atoms with van der Waals surface area (Å²) in [6, 6.07) is 0.874. The SMILES string of the molecule is CC(O)C(N)C(=O)NC(CC(=O)O)C(=O)NC(C(=O)NC(Cc1c[nH]c2ccccc12)C(=O)O)C(C)O. The maximum absolute atomic E-state index is 12.9. The van der Waals surface area contributed by atoms with Crippen LogP contribution in [0, 0.1) is 0 Å². The summed E-state index contributed by atoms with van der Waals surface area (Å²) in [5, 5.41) is 45.6. The minimum Gasteiger partial charge on any atom is -0.481 e. The number of aromatic nitrogens is 1. The van der Waals surface area contributed by atoms with Crippen LogP contribution in [0.15, 0.2) is 30.5 Å². The summed E-state index contributed by atoms with van der Waals surface area (Å²) in [4.78, 5) is 63.8. The van der Waals surface area contributed by atoms with Gasteiger partial charge in [0.05, 0.1) is 18.6 Å². The molecule has 6 atom stereocenters. The lowest BCUT2D eigenvalue weighted by atomic mass is 10.0. The van der Waals surface area contributed by atoms with Crippen LogP contribution in [0.1, 0.15) is 25.8 Å². The third-order valence-electron chi connectivity index (χ3n) is 5.61. The summed E-state index contributed by atoms with van der Waals surface area (Å²) in [5.41, 5.74) is 6.89. The van der Waals surface area contributed by atoms with E-state index in [0.717, 1.165) is 17.8 Å². The summed E-state index contributed by atoms with van der Waals surface area (Å²) in [7, 11) is 0. The van der Waals surface area contributed by atoms with E-state index in [2.05, 4.69) is 20.9 Å². The molecule has 202 valence electrons. The number of carboxylic acid groups (broad SMARTS) is 2. The molecule has 0 aliphatic rings. The second kappa shape index (κ2) is 12.8. The van der Waals surface area contributed by atoms with Gasteiger partial charge < -0.3 is 47.1 Å². The summed E-state index contributed by atoms with van der Waals surface area (Å²) in [6.07, 6.45) is -2.21. The predicted octanol–water partition coefficient (Wildman–Crippen LogP) is -2.19. The molecule has 0 bridgehead atoms. The third kappa shape index (κ3) is 7.99. The molecule has 1 aromatic heterocycles. The van der Waals surface area contributed by atoms with Crippen LogP contribution >= 0.6 is 0 Å². The van der Waals surface area contributed by atoms with Gasteiger partial charge >= 0.3 is 11.9 Å². The molecular weight excluding hydrogens is 490 g/mol. The van der Waals surface area contributed by atoms with E-state index < -0.39 is 72.5 Å². The highest BCUT2D eigenvalue weighted by Gasteiger charge is 2.34. The van der Waals surface area contributed by atoms with Crippen molar-refractivity contribution < 1.29 is 44.4 Å². The zero-order valence-corrected chi connectivity index (χ0v) is 20.2. The Morgan fingerprint density at radius 1 is 0.892 bits per heavy atom. The van der Waals surface area contributed by atoms with Gasteiger partial charge in [-0.15, -0.1) is 0 Å².